The van der Waals surface area contributed by atoms with E-state index in [0.717, 1.165) is 6.07 Å². The summed E-state index contributed by atoms with van der Waals surface area (Å²) in [6.07, 6.45) is -4.51. The zero-order chi connectivity index (χ0) is 29.0. The maximum absolute atomic E-state index is 13.2. The van der Waals surface area contributed by atoms with Gasteiger partial charge in [0.05, 0.1) is 16.3 Å². The lowest BCUT2D eigenvalue weighted by molar-refractivity contribution is -0.134. The molecule has 1 aliphatic carbocycles. The minimum Gasteiger partial charge on any atom is -0.772 e. The quantitative estimate of drug-likeness (QED) is 0.281. The molecule has 2 N–H and O–H groups in total. The highest BCUT2D eigenvalue weighted by molar-refractivity contribution is 7.79. The van der Waals surface area contributed by atoms with E-state index < -0.39 is 54.0 Å². The fraction of sp³-hybridized carbons (Fsp3) is 0.583. The van der Waals surface area contributed by atoms with Crippen molar-refractivity contribution < 1.29 is 45.4 Å². The number of ether oxygens (including phenoxy) is 1. The zero-order valence-corrected chi connectivity index (χ0v) is 22.5. The molecule has 0 radical (unpaired) electrons. The molecule has 1 atom stereocenters. The second-order valence-corrected chi connectivity index (χ2v) is 10.8. The Morgan fingerprint density at radius 3 is 2.59 bits per heavy atom. The van der Waals surface area contributed by atoms with Crippen LogP contribution in [0, 0.1) is 5.92 Å². The smallest absolute Gasteiger partial charge is 0.389 e. The van der Waals surface area contributed by atoms with Crippen LogP contribution in [-0.4, -0.2) is 60.2 Å². The van der Waals surface area contributed by atoms with Crippen molar-refractivity contribution in [1.29, 1.82) is 0 Å². The maximum atomic E-state index is 13.2. The number of carbonyl (C=O) groups excluding carboxylic acids is 1. The Morgan fingerprint density at radius 2 is 2.03 bits per heavy atom. The van der Waals surface area contributed by atoms with Crippen LogP contribution in [0.5, 0.6) is 5.75 Å². The number of aliphatic hydroxyl groups is 1. The Kier molecular flexibility index (Phi) is 10.3. The van der Waals surface area contributed by atoms with Crippen LogP contribution < -0.4 is 10.1 Å². The molecule has 1 aliphatic rings. The van der Waals surface area contributed by atoms with Gasteiger partial charge in [0.2, 0.25) is 0 Å². The van der Waals surface area contributed by atoms with Gasteiger partial charge in [-0.25, -0.2) is 0 Å². The van der Waals surface area contributed by atoms with Gasteiger partial charge in [-0.2, -0.15) is 27.1 Å². The van der Waals surface area contributed by atoms with Crippen LogP contribution in [0.2, 0.25) is 5.02 Å². The van der Waals surface area contributed by atoms with E-state index in [1.807, 2.05) is 0 Å². The number of nitrogens with one attached hydrogen (secondary N) is 1. The van der Waals surface area contributed by atoms with Gasteiger partial charge in [-0.3, -0.25) is 13.7 Å². The number of hydrogen-bond donors (Lipinski definition) is 2. The maximum Gasteiger partial charge on any atom is 0.389 e. The van der Waals surface area contributed by atoms with Crippen molar-refractivity contribution in [2.45, 2.75) is 70.4 Å². The van der Waals surface area contributed by atoms with Crippen molar-refractivity contribution >= 4 is 28.6 Å². The first kappa shape index (κ1) is 31.2. The molecule has 218 valence electrons. The van der Waals surface area contributed by atoms with Gasteiger partial charge in [-0.05, 0) is 62.6 Å². The SMILES string of the molecule is CCn1nc(C(=O)NCC2(O)CCC(CS(=O)[O-])CC2)c(Cl)c1-c1ccc(CCC(F)(F)F)cc1OC(F)F. The molecule has 1 aromatic heterocycles. The monoisotopic (exact) mass is 600 g/mol. The largest absolute Gasteiger partial charge is 0.772 e. The van der Waals surface area contributed by atoms with Gasteiger partial charge in [0.1, 0.15) is 5.75 Å². The number of aromatic nitrogens is 2. The van der Waals surface area contributed by atoms with Crippen molar-refractivity contribution in [3.8, 4) is 17.0 Å². The minimum atomic E-state index is -4.43. The van der Waals surface area contributed by atoms with Gasteiger partial charge in [0.15, 0.2) is 5.69 Å². The molecule has 0 saturated heterocycles. The van der Waals surface area contributed by atoms with Crippen molar-refractivity contribution in [2.75, 3.05) is 12.3 Å². The highest BCUT2D eigenvalue weighted by atomic mass is 35.5. The fourth-order valence-corrected chi connectivity index (χ4v) is 5.59. The first-order valence-electron chi connectivity index (χ1n) is 12.2. The topological polar surface area (TPSA) is 117 Å². The normalized spacial score (nSPS) is 20.7. The molecule has 3 rings (SSSR count). The molecular weight excluding hydrogens is 573 g/mol. The molecule has 2 aromatic rings. The van der Waals surface area contributed by atoms with Gasteiger partial charge >= 0.3 is 12.8 Å². The molecule has 1 unspecified atom stereocenters. The van der Waals surface area contributed by atoms with Crippen LogP contribution >= 0.6 is 11.6 Å². The molecule has 15 heteroatoms. The predicted octanol–water partition coefficient (Wildman–Crippen LogP) is 4.85. The average molecular weight is 601 g/mol. The number of amides is 1. The Morgan fingerprint density at radius 1 is 1.36 bits per heavy atom. The van der Waals surface area contributed by atoms with Gasteiger partial charge in [0, 0.05) is 30.8 Å². The number of aryl methyl sites for hydroxylation is 2. The lowest BCUT2D eigenvalue weighted by atomic mass is 9.79. The van der Waals surface area contributed by atoms with E-state index in [4.69, 9.17) is 11.6 Å². The molecule has 1 heterocycles. The first-order chi connectivity index (χ1) is 18.2. The second kappa shape index (κ2) is 12.9. The van der Waals surface area contributed by atoms with Crippen LogP contribution in [0.1, 0.15) is 55.1 Å². The lowest BCUT2D eigenvalue weighted by Gasteiger charge is -2.36. The van der Waals surface area contributed by atoms with Crippen LogP contribution in [0.25, 0.3) is 11.3 Å². The summed E-state index contributed by atoms with van der Waals surface area (Å²) in [6, 6.07) is 3.69. The summed E-state index contributed by atoms with van der Waals surface area (Å²) < 4.78 is 91.9. The third-order valence-electron chi connectivity index (χ3n) is 6.61. The van der Waals surface area contributed by atoms with E-state index in [1.165, 1.54) is 16.8 Å². The van der Waals surface area contributed by atoms with Gasteiger partial charge < -0.3 is 19.7 Å². The third-order valence-corrected chi connectivity index (χ3v) is 7.71. The summed E-state index contributed by atoms with van der Waals surface area (Å²) in [5.74, 6) is -1.21. The van der Waals surface area contributed by atoms with Gasteiger partial charge in [0.25, 0.3) is 5.91 Å². The summed E-state index contributed by atoms with van der Waals surface area (Å²) in [6.45, 7) is -1.59. The highest BCUT2D eigenvalue weighted by Crippen LogP contribution is 2.39. The van der Waals surface area contributed by atoms with E-state index in [-0.39, 0.29) is 65.1 Å². The molecule has 1 fully saturated rings. The molecule has 8 nitrogen and oxygen atoms in total. The van der Waals surface area contributed by atoms with E-state index in [9.17, 15) is 40.6 Å². The summed E-state index contributed by atoms with van der Waals surface area (Å²) in [7, 11) is 0. The van der Waals surface area contributed by atoms with E-state index >= 15 is 0 Å². The van der Waals surface area contributed by atoms with Crippen LogP contribution in [0.4, 0.5) is 22.0 Å². The Balaban J connectivity index is 1.82. The summed E-state index contributed by atoms with van der Waals surface area (Å²) in [5, 5.41) is 17.4. The molecule has 1 aromatic carbocycles. The molecule has 1 amide bonds. The molecular formula is C24H28ClF5N3O5S-. The minimum absolute atomic E-state index is 0.00977. The van der Waals surface area contributed by atoms with Crippen molar-refractivity contribution in [3.63, 3.8) is 0 Å². The molecule has 0 aliphatic heterocycles. The van der Waals surface area contributed by atoms with Crippen LogP contribution in [-0.2, 0) is 24.0 Å². The summed E-state index contributed by atoms with van der Waals surface area (Å²) >= 11 is 4.30. The molecule has 0 spiro atoms. The Labute approximate surface area is 229 Å². The predicted molar refractivity (Wildman–Crippen MR) is 132 cm³/mol. The molecule has 1 saturated carbocycles. The molecule has 0 bridgehead atoms. The summed E-state index contributed by atoms with van der Waals surface area (Å²) in [4.78, 5) is 12.9. The average Bonchev–Trinajstić information content (AvgIpc) is 3.18. The summed E-state index contributed by atoms with van der Waals surface area (Å²) in [5.41, 5.74) is -1.29. The van der Waals surface area contributed by atoms with Crippen LogP contribution in [0.3, 0.4) is 0 Å². The Bertz CT molecular complexity index is 1190. The van der Waals surface area contributed by atoms with Gasteiger partial charge in [-0.1, -0.05) is 28.7 Å². The first-order valence-corrected chi connectivity index (χ1v) is 13.8. The van der Waals surface area contributed by atoms with E-state index in [0.29, 0.717) is 12.8 Å². The number of carbonyl (C=O) groups is 1. The lowest BCUT2D eigenvalue weighted by Crippen LogP contribution is -2.46. The standard InChI is InChI=1S/C24H29ClF5N3O5S/c1-2-33-20(16-4-3-14(7-10-24(28,29)30)11-17(16)38-22(26)27)18(25)19(32-33)21(34)31-13-23(35)8-5-15(6-9-23)12-39(36)37/h3-4,11,15,22,35H,2,5-10,12-13H2,1H3,(H,31,34)(H,36,37)/p-1. The van der Waals surface area contributed by atoms with Crippen LogP contribution in [0.15, 0.2) is 18.2 Å². The number of benzene rings is 1. The number of alkyl halides is 5. The number of rotatable bonds is 11. The number of hydrogen-bond acceptors (Lipinski definition) is 6. The van der Waals surface area contributed by atoms with Crippen molar-refractivity contribution in [2.24, 2.45) is 5.92 Å². The second-order valence-electron chi connectivity index (χ2n) is 9.47. The number of halogens is 6. The van der Waals surface area contributed by atoms with E-state index in [2.05, 4.69) is 15.2 Å². The molecule has 39 heavy (non-hydrogen) atoms. The number of nitrogens with zero attached hydrogens (tertiary/aromatic N) is 2. The highest BCUT2D eigenvalue weighted by Gasteiger charge is 2.34. The fourth-order valence-electron chi connectivity index (χ4n) is 4.55. The Hall–Kier alpha value is -2.29. The zero-order valence-electron chi connectivity index (χ0n) is 20.9. The third kappa shape index (κ3) is 8.60. The van der Waals surface area contributed by atoms with Gasteiger partial charge in [-0.15, -0.1) is 0 Å². The van der Waals surface area contributed by atoms with Crippen molar-refractivity contribution in [1.82, 2.24) is 15.1 Å². The van der Waals surface area contributed by atoms with E-state index in [1.54, 1.807) is 6.92 Å². The van der Waals surface area contributed by atoms with Crippen molar-refractivity contribution in [3.05, 3.63) is 34.5 Å².